The van der Waals surface area contributed by atoms with E-state index in [2.05, 4.69) is 11.4 Å². The van der Waals surface area contributed by atoms with Gasteiger partial charge in [0, 0.05) is 5.02 Å². The van der Waals surface area contributed by atoms with Crippen molar-refractivity contribution in [2.24, 2.45) is 0 Å². The Balaban J connectivity index is 2.21. The van der Waals surface area contributed by atoms with E-state index >= 15 is 0 Å². The third-order valence-electron chi connectivity index (χ3n) is 1.97. The van der Waals surface area contributed by atoms with Crippen LogP contribution in [0.1, 0.15) is 11.6 Å². The quantitative estimate of drug-likeness (QED) is 0.719. The zero-order valence-electron chi connectivity index (χ0n) is 6.59. The first-order valence-electron chi connectivity index (χ1n) is 3.93. The number of benzene rings is 1. The fourth-order valence-corrected chi connectivity index (χ4v) is 1.53. The summed E-state index contributed by atoms with van der Waals surface area (Å²) in [4.78, 5) is 0. The first-order valence-corrected chi connectivity index (χ1v) is 4.30. The Morgan fingerprint density at radius 3 is 3.08 bits per heavy atom. The minimum absolute atomic E-state index is 0.309. The standard InChI is InChI=1S/C9H10ClNO/c10-8-3-1-2-7(4-8)9-5-12-6-11-9/h1-4,9,11H,5-6H2/t9-/m0/s1. The maximum atomic E-state index is 5.85. The van der Waals surface area contributed by atoms with Crippen LogP contribution in [-0.2, 0) is 4.74 Å². The van der Waals surface area contributed by atoms with E-state index in [-0.39, 0.29) is 0 Å². The van der Waals surface area contributed by atoms with E-state index in [1.54, 1.807) is 0 Å². The van der Waals surface area contributed by atoms with E-state index in [1.165, 1.54) is 5.56 Å². The van der Waals surface area contributed by atoms with Gasteiger partial charge in [-0.1, -0.05) is 23.7 Å². The van der Waals surface area contributed by atoms with Gasteiger partial charge < -0.3 is 4.74 Å². The Bertz CT molecular complexity index is 271. The lowest BCUT2D eigenvalue weighted by Crippen LogP contribution is -2.14. The van der Waals surface area contributed by atoms with Crippen LogP contribution < -0.4 is 5.32 Å². The summed E-state index contributed by atoms with van der Waals surface area (Å²) < 4.78 is 5.20. The topological polar surface area (TPSA) is 21.3 Å². The summed E-state index contributed by atoms with van der Waals surface area (Å²) in [5.41, 5.74) is 1.19. The first-order chi connectivity index (χ1) is 5.86. The Labute approximate surface area is 76.5 Å². The van der Waals surface area contributed by atoms with Gasteiger partial charge in [0.2, 0.25) is 0 Å². The fourth-order valence-electron chi connectivity index (χ4n) is 1.33. The lowest BCUT2D eigenvalue weighted by atomic mass is 10.1. The molecule has 0 aliphatic carbocycles. The number of halogens is 1. The molecule has 0 aromatic heterocycles. The van der Waals surface area contributed by atoms with Gasteiger partial charge in [-0.15, -0.1) is 0 Å². The van der Waals surface area contributed by atoms with Crippen molar-refractivity contribution in [2.45, 2.75) is 6.04 Å². The van der Waals surface area contributed by atoms with Gasteiger partial charge in [-0.2, -0.15) is 0 Å². The third kappa shape index (κ3) is 1.61. The predicted octanol–water partition coefficient (Wildman–Crippen LogP) is 1.96. The zero-order valence-corrected chi connectivity index (χ0v) is 7.34. The molecule has 1 aliphatic rings. The maximum Gasteiger partial charge on any atom is 0.0971 e. The normalized spacial score (nSPS) is 22.9. The molecule has 1 aromatic carbocycles. The van der Waals surface area contributed by atoms with Crippen molar-refractivity contribution in [3.63, 3.8) is 0 Å². The van der Waals surface area contributed by atoms with E-state index in [9.17, 15) is 0 Å². The average molecular weight is 184 g/mol. The number of nitrogens with one attached hydrogen (secondary N) is 1. The minimum atomic E-state index is 0.309. The zero-order chi connectivity index (χ0) is 8.39. The molecule has 1 atom stereocenters. The molecule has 1 aliphatic heterocycles. The second-order valence-corrected chi connectivity index (χ2v) is 3.26. The van der Waals surface area contributed by atoms with E-state index in [4.69, 9.17) is 16.3 Å². The Morgan fingerprint density at radius 1 is 1.50 bits per heavy atom. The van der Waals surface area contributed by atoms with Crippen molar-refractivity contribution in [3.8, 4) is 0 Å². The summed E-state index contributed by atoms with van der Waals surface area (Å²) in [5, 5.41) is 4.00. The minimum Gasteiger partial charge on any atom is -0.364 e. The molecule has 1 fully saturated rings. The van der Waals surface area contributed by atoms with Crippen LogP contribution in [0.5, 0.6) is 0 Å². The lowest BCUT2D eigenvalue weighted by molar-refractivity contribution is 0.189. The van der Waals surface area contributed by atoms with Crippen molar-refractivity contribution in [1.29, 1.82) is 0 Å². The van der Waals surface area contributed by atoms with Crippen molar-refractivity contribution in [3.05, 3.63) is 34.9 Å². The summed E-state index contributed by atoms with van der Waals surface area (Å²) in [7, 11) is 0. The maximum absolute atomic E-state index is 5.85. The second-order valence-electron chi connectivity index (χ2n) is 2.83. The van der Waals surface area contributed by atoms with Gasteiger partial charge >= 0.3 is 0 Å². The first kappa shape index (κ1) is 8.05. The molecule has 0 amide bonds. The van der Waals surface area contributed by atoms with Gasteiger partial charge in [-0.25, -0.2) is 0 Å². The van der Waals surface area contributed by atoms with Gasteiger partial charge in [0.25, 0.3) is 0 Å². The van der Waals surface area contributed by atoms with Crippen molar-refractivity contribution in [2.75, 3.05) is 13.3 Å². The molecule has 12 heavy (non-hydrogen) atoms. The monoisotopic (exact) mass is 183 g/mol. The number of rotatable bonds is 1. The second kappa shape index (κ2) is 3.44. The van der Waals surface area contributed by atoms with Crippen molar-refractivity contribution < 1.29 is 4.74 Å². The van der Waals surface area contributed by atoms with Crippen LogP contribution in [0, 0.1) is 0 Å². The third-order valence-corrected chi connectivity index (χ3v) is 2.20. The molecule has 2 rings (SSSR count). The number of hydrogen-bond acceptors (Lipinski definition) is 2. The molecule has 1 saturated heterocycles. The molecule has 64 valence electrons. The summed E-state index contributed by atoms with van der Waals surface area (Å²) >= 11 is 5.85. The van der Waals surface area contributed by atoms with Crippen LogP contribution in [0.4, 0.5) is 0 Å². The van der Waals surface area contributed by atoms with Crippen molar-refractivity contribution in [1.82, 2.24) is 5.32 Å². The smallest absolute Gasteiger partial charge is 0.0971 e. The molecular weight excluding hydrogens is 174 g/mol. The van der Waals surface area contributed by atoms with Crippen LogP contribution in [0.25, 0.3) is 0 Å². The molecule has 3 heteroatoms. The molecule has 1 aromatic rings. The van der Waals surface area contributed by atoms with E-state index in [0.717, 1.165) is 11.6 Å². The van der Waals surface area contributed by atoms with Gasteiger partial charge in [-0.3, -0.25) is 5.32 Å². The highest BCUT2D eigenvalue weighted by atomic mass is 35.5. The van der Waals surface area contributed by atoms with E-state index in [1.807, 2.05) is 18.2 Å². The summed E-state index contributed by atoms with van der Waals surface area (Å²) in [6.45, 7) is 1.37. The highest BCUT2D eigenvalue weighted by molar-refractivity contribution is 6.30. The molecular formula is C9H10ClNO. The molecule has 0 bridgehead atoms. The molecule has 0 unspecified atom stereocenters. The van der Waals surface area contributed by atoms with Crippen LogP contribution >= 0.6 is 11.6 Å². The van der Waals surface area contributed by atoms with Gasteiger partial charge in [-0.05, 0) is 17.7 Å². The molecule has 0 saturated carbocycles. The predicted molar refractivity (Wildman–Crippen MR) is 48.1 cm³/mol. The van der Waals surface area contributed by atoms with Gasteiger partial charge in [0.15, 0.2) is 0 Å². The molecule has 0 spiro atoms. The molecule has 1 N–H and O–H groups in total. The molecule has 0 radical (unpaired) electrons. The Morgan fingerprint density at radius 2 is 2.42 bits per heavy atom. The largest absolute Gasteiger partial charge is 0.364 e. The highest BCUT2D eigenvalue weighted by Crippen LogP contribution is 2.20. The lowest BCUT2D eigenvalue weighted by Gasteiger charge is -2.07. The summed E-state index contributed by atoms with van der Waals surface area (Å²) in [6, 6.07) is 8.16. The van der Waals surface area contributed by atoms with E-state index in [0.29, 0.717) is 12.8 Å². The van der Waals surface area contributed by atoms with E-state index < -0.39 is 0 Å². The number of ether oxygens (including phenoxy) is 1. The Hall–Kier alpha value is -0.570. The summed E-state index contributed by atoms with van der Waals surface area (Å²) in [6.07, 6.45) is 0. The SMILES string of the molecule is Clc1cccc([C@@H]2COCN2)c1. The van der Waals surface area contributed by atoms with Crippen LogP contribution in [0.2, 0.25) is 5.02 Å². The summed E-state index contributed by atoms with van der Waals surface area (Å²) in [5.74, 6) is 0. The average Bonchev–Trinajstić information content (AvgIpc) is 2.56. The van der Waals surface area contributed by atoms with Gasteiger partial charge in [0.05, 0.1) is 19.4 Å². The van der Waals surface area contributed by atoms with Crippen LogP contribution in [-0.4, -0.2) is 13.3 Å². The molecule has 2 nitrogen and oxygen atoms in total. The number of hydrogen-bond donors (Lipinski definition) is 1. The molecule has 1 heterocycles. The van der Waals surface area contributed by atoms with Crippen LogP contribution in [0.3, 0.4) is 0 Å². The highest BCUT2D eigenvalue weighted by Gasteiger charge is 2.16. The van der Waals surface area contributed by atoms with Crippen molar-refractivity contribution >= 4 is 11.6 Å². The van der Waals surface area contributed by atoms with Gasteiger partial charge in [0.1, 0.15) is 0 Å². The fraction of sp³-hybridized carbons (Fsp3) is 0.333. The van der Waals surface area contributed by atoms with Crippen LogP contribution in [0.15, 0.2) is 24.3 Å². The Kier molecular flexibility index (Phi) is 2.30.